The molecule has 0 atom stereocenters. The van der Waals surface area contributed by atoms with Crippen molar-refractivity contribution in [1.82, 2.24) is 20.5 Å². The van der Waals surface area contributed by atoms with E-state index < -0.39 is 0 Å². The summed E-state index contributed by atoms with van der Waals surface area (Å²) in [7, 11) is 0. The first-order valence-electron chi connectivity index (χ1n) is 10.3. The van der Waals surface area contributed by atoms with E-state index in [1.807, 2.05) is 12.1 Å². The number of pyridine rings is 1. The third kappa shape index (κ3) is 5.53. The molecular formula is C21H30N4O3. The summed E-state index contributed by atoms with van der Waals surface area (Å²) >= 11 is 0. The lowest BCUT2D eigenvalue weighted by Crippen LogP contribution is -2.46. The SMILES string of the molecule is CC(=O)N1CCC(C(=O)NC2CCC(C(=O)NCc3cccnc3)CC2)CC1. The maximum Gasteiger partial charge on any atom is 0.223 e. The van der Waals surface area contributed by atoms with Gasteiger partial charge in [-0.2, -0.15) is 0 Å². The molecule has 1 aliphatic carbocycles. The van der Waals surface area contributed by atoms with E-state index in [0.717, 1.165) is 44.1 Å². The highest BCUT2D eigenvalue weighted by molar-refractivity contribution is 5.80. The number of likely N-dealkylation sites (tertiary alicyclic amines) is 1. The highest BCUT2D eigenvalue weighted by atomic mass is 16.2. The zero-order chi connectivity index (χ0) is 19.9. The lowest BCUT2D eigenvalue weighted by Gasteiger charge is -2.33. The second-order valence-corrected chi connectivity index (χ2v) is 7.92. The summed E-state index contributed by atoms with van der Waals surface area (Å²) in [6.07, 6.45) is 8.21. The standard InChI is InChI=1S/C21H30N4O3/c1-15(26)25-11-8-18(9-12-25)21(28)24-19-6-4-17(5-7-19)20(27)23-14-16-3-2-10-22-13-16/h2-3,10,13,17-19H,4-9,11-12,14H2,1H3,(H,23,27)(H,24,28). The maximum absolute atomic E-state index is 12.5. The molecule has 2 aliphatic rings. The number of nitrogens with zero attached hydrogens (tertiary/aromatic N) is 2. The first-order chi connectivity index (χ1) is 13.5. The minimum absolute atomic E-state index is 0.00361. The number of carbonyl (C=O) groups excluding carboxylic acids is 3. The van der Waals surface area contributed by atoms with Gasteiger partial charge in [0.25, 0.3) is 0 Å². The Hall–Kier alpha value is -2.44. The third-order valence-electron chi connectivity index (χ3n) is 5.94. The van der Waals surface area contributed by atoms with E-state index in [9.17, 15) is 14.4 Å². The van der Waals surface area contributed by atoms with Crippen molar-refractivity contribution >= 4 is 17.7 Å². The molecule has 3 rings (SSSR count). The zero-order valence-corrected chi connectivity index (χ0v) is 16.5. The van der Waals surface area contributed by atoms with Crippen molar-refractivity contribution in [3.05, 3.63) is 30.1 Å². The van der Waals surface area contributed by atoms with Crippen LogP contribution in [-0.4, -0.2) is 46.7 Å². The highest BCUT2D eigenvalue weighted by Gasteiger charge is 2.30. The monoisotopic (exact) mass is 386 g/mol. The summed E-state index contributed by atoms with van der Waals surface area (Å²) in [4.78, 5) is 42.2. The van der Waals surface area contributed by atoms with Crippen LogP contribution in [0.2, 0.25) is 0 Å². The predicted molar refractivity (Wildman–Crippen MR) is 105 cm³/mol. The average Bonchev–Trinajstić information content (AvgIpc) is 2.73. The molecule has 152 valence electrons. The largest absolute Gasteiger partial charge is 0.353 e. The fourth-order valence-corrected chi connectivity index (χ4v) is 4.11. The van der Waals surface area contributed by atoms with E-state index in [2.05, 4.69) is 15.6 Å². The molecule has 3 amide bonds. The second kappa shape index (κ2) is 9.66. The van der Waals surface area contributed by atoms with Crippen molar-refractivity contribution in [2.45, 2.75) is 58.0 Å². The molecule has 0 aromatic carbocycles. The molecule has 28 heavy (non-hydrogen) atoms. The van der Waals surface area contributed by atoms with Crippen molar-refractivity contribution in [1.29, 1.82) is 0 Å². The molecule has 1 saturated heterocycles. The highest BCUT2D eigenvalue weighted by Crippen LogP contribution is 2.26. The van der Waals surface area contributed by atoms with Crippen LogP contribution < -0.4 is 10.6 Å². The van der Waals surface area contributed by atoms with E-state index in [1.54, 1.807) is 24.2 Å². The van der Waals surface area contributed by atoms with Gasteiger partial charge in [-0.1, -0.05) is 6.07 Å². The summed E-state index contributed by atoms with van der Waals surface area (Å²) in [5.74, 6) is 0.289. The zero-order valence-electron chi connectivity index (χ0n) is 16.5. The Bertz CT molecular complexity index is 678. The van der Waals surface area contributed by atoms with Crippen LogP contribution >= 0.6 is 0 Å². The van der Waals surface area contributed by atoms with Crippen LogP contribution in [0.1, 0.15) is 51.0 Å². The number of rotatable bonds is 5. The molecule has 1 aromatic rings. The Morgan fingerprint density at radius 2 is 1.71 bits per heavy atom. The minimum Gasteiger partial charge on any atom is -0.353 e. The first-order valence-corrected chi connectivity index (χ1v) is 10.3. The summed E-state index contributed by atoms with van der Waals surface area (Å²) in [6, 6.07) is 3.96. The van der Waals surface area contributed by atoms with Crippen LogP contribution in [-0.2, 0) is 20.9 Å². The minimum atomic E-state index is -0.00361. The van der Waals surface area contributed by atoms with E-state index in [1.165, 1.54) is 0 Å². The lowest BCUT2D eigenvalue weighted by molar-refractivity contribution is -0.134. The smallest absolute Gasteiger partial charge is 0.223 e. The van der Waals surface area contributed by atoms with Crippen LogP contribution in [0, 0.1) is 11.8 Å². The Morgan fingerprint density at radius 3 is 2.32 bits per heavy atom. The Kier molecular flexibility index (Phi) is 7.01. The van der Waals surface area contributed by atoms with E-state index >= 15 is 0 Å². The molecule has 1 aliphatic heterocycles. The Morgan fingerprint density at radius 1 is 1.04 bits per heavy atom. The number of carbonyl (C=O) groups is 3. The molecule has 0 unspecified atom stereocenters. The topological polar surface area (TPSA) is 91.4 Å². The number of piperidine rings is 1. The van der Waals surface area contributed by atoms with Gasteiger partial charge in [-0.05, 0) is 50.2 Å². The van der Waals surface area contributed by atoms with Crippen molar-refractivity contribution < 1.29 is 14.4 Å². The van der Waals surface area contributed by atoms with E-state index in [-0.39, 0.29) is 35.6 Å². The molecule has 0 bridgehead atoms. The number of nitrogens with one attached hydrogen (secondary N) is 2. The normalized spacial score (nSPS) is 23.1. The molecule has 7 heteroatoms. The molecular weight excluding hydrogens is 356 g/mol. The van der Waals surface area contributed by atoms with Gasteiger partial charge < -0.3 is 15.5 Å². The lowest BCUT2D eigenvalue weighted by atomic mass is 9.85. The van der Waals surface area contributed by atoms with Gasteiger partial charge in [0.15, 0.2) is 0 Å². The third-order valence-corrected chi connectivity index (χ3v) is 5.94. The van der Waals surface area contributed by atoms with Crippen molar-refractivity contribution in [3.8, 4) is 0 Å². The summed E-state index contributed by atoms with van der Waals surface area (Å²) in [6.45, 7) is 3.41. The molecule has 0 spiro atoms. The van der Waals surface area contributed by atoms with Crippen LogP contribution in [0.4, 0.5) is 0 Å². The number of hydrogen-bond acceptors (Lipinski definition) is 4. The number of aromatic nitrogens is 1. The van der Waals surface area contributed by atoms with Crippen LogP contribution in [0.15, 0.2) is 24.5 Å². The van der Waals surface area contributed by atoms with Crippen LogP contribution in [0.5, 0.6) is 0 Å². The van der Waals surface area contributed by atoms with Crippen LogP contribution in [0.25, 0.3) is 0 Å². The van der Waals surface area contributed by atoms with Gasteiger partial charge in [0.1, 0.15) is 0 Å². The number of amides is 3. The van der Waals surface area contributed by atoms with Crippen LogP contribution in [0.3, 0.4) is 0 Å². The molecule has 1 saturated carbocycles. The molecule has 0 radical (unpaired) electrons. The van der Waals surface area contributed by atoms with Gasteiger partial charge in [0.05, 0.1) is 0 Å². The Labute approximate surface area is 166 Å². The van der Waals surface area contributed by atoms with Crippen molar-refractivity contribution in [2.75, 3.05) is 13.1 Å². The summed E-state index contributed by atoms with van der Waals surface area (Å²) in [5.41, 5.74) is 0.993. The maximum atomic E-state index is 12.5. The van der Waals surface area contributed by atoms with Gasteiger partial charge >= 0.3 is 0 Å². The molecule has 7 nitrogen and oxygen atoms in total. The number of hydrogen-bond donors (Lipinski definition) is 2. The predicted octanol–water partition coefficient (Wildman–Crippen LogP) is 1.63. The van der Waals surface area contributed by atoms with Gasteiger partial charge in [0, 0.05) is 56.8 Å². The molecule has 1 aromatic heterocycles. The fraction of sp³-hybridized carbons (Fsp3) is 0.619. The molecule has 2 heterocycles. The van der Waals surface area contributed by atoms with Gasteiger partial charge in [-0.25, -0.2) is 0 Å². The average molecular weight is 386 g/mol. The molecule has 2 fully saturated rings. The van der Waals surface area contributed by atoms with Crippen molar-refractivity contribution in [2.24, 2.45) is 11.8 Å². The van der Waals surface area contributed by atoms with Gasteiger partial charge in [-0.15, -0.1) is 0 Å². The van der Waals surface area contributed by atoms with Gasteiger partial charge in [-0.3, -0.25) is 19.4 Å². The fourth-order valence-electron chi connectivity index (χ4n) is 4.11. The quantitative estimate of drug-likeness (QED) is 0.805. The summed E-state index contributed by atoms with van der Waals surface area (Å²) < 4.78 is 0. The molecule has 2 N–H and O–H groups in total. The first kappa shape index (κ1) is 20.3. The van der Waals surface area contributed by atoms with E-state index in [4.69, 9.17) is 0 Å². The Balaban J connectivity index is 1.36. The van der Waals surface area contributed by atoms with E-state index in [0.29, 0.717) is 19.6 Å². The van der Waals surface area contributed by atoms with Crippen molar-refractivity contribution in [3.63, 3.8) is 0 Å². The van der Waals surface area contributed by atoms with Gasteiger partial charge in [0.2, 0.25) is 17.7 Å². The summed E-state index contributed by atoms with van der Waals surface area (Å²) in [5, 5.41) is 6.16. The second-order valence-electron chi connectivity index (χ2n) is 7.92.